The molecule has 1 atom stereocenters. The van der Waals surface area contributed by atoms with E-state index in [-0.39, 0.29) is 6.04 Å². The third-order valence-electron chi connectivity index (χ3n) is 3.67. The number of halogens is 3. The molecule has 0 radical (unpaired) electrons. The maximum Gasteiger partial charge on any atom is 0.162 e. The van der Waals surface area contributed by atoms with E-state index in [0.29, 0.717) is 12.0 Å². The molecule has 4 heteroatoms. The first-order valence-electron chi connectivity index (χ1n) is 6.80. The zero-order chi connectivity index (χ0) is 15.6. The van der Waals surface area contributed by atoms with Gasteiger partial charge in [-0.05, 0) is 55.6 Å². The van der Waals surface area contributed by atoms with Crippen molar-refractivity contribution in [2.75, 3.05) is 7.05 Å². The zero-order valence-corrected chi connectivity index (χ0v) is 13.9. The molecule has 0 bridgehead atoms. The van der Waals surface area contributed by atoms with Crippen LogP contribution < -0.4 is 5.32 Å². The Kier molecular flexibility index (Phi) is 5.12. The highest BCUT2D eigenvalue weighted by atomic mass is 79.9. The first-order chi connectivity index (χ1) is 9.93. The third kappa shape index (κ3) is 3.50. The summed E-state index contributed by atoms with van der Waals surface area (Å²) in [5, 5.41) is 3.18. The number of nitrogens with one attached hydrogen (secondary N) is 1. The summed E-state index contributed by atoms with van der Waals surface area (Å²) in [7, 11) is 1.83. The Balaban J connectivity index is 2.34. The van der Waals surface area contributed by atoms with Gasteiger partial charge in [-0.1, -0.05) is 40.2 Å². The molecule has 2 aromatic carbocycles. The summed E-state index contributed by atoms with van der Waals surface area (Å²) in [6.45, 7) is 4.05. The van der Waals surface area contributed by atoms with Crippen LogP contribution in [0.5, 0.6) is 0 Å². The van der Waals surface area contributed by atoms with Crippen molar-refractivity contribution < 1.29 is 8.78 Å². The SMILES string of the molecule is CNC(Cc1cccc(F)c1F)c1cc(C)c(Br)c(C)c1. The van der Waals surface area contributed by atoms with E-state index in [1.165, 1.54) is 0 Å². The maximum absolute atomic E-state index is 13.8. The predicted molar refractivity (Wildman–Crippen MR) is 85.5 cm³/mol. The molecule has 2 aromatic rings. The molecule has 0 saturated carbocycles. The van der Waals surface area contributed by atoms with E-state index in [2.05, 4.69) is 33.4 Å². The molecule has 0 aromatic heterocycles. The lowest BCUT2D eigenvalue weighted by Gasteiger charge is -2.19. The third-order valence-corrected chi connectivity index (χ3v) is 4.92. The van der Waals surface area contributed by atoms with Crippen molar-refractivity contribution in [3.8, 4) is 0 Å². The molecular weight excluding hydrogens is 336 g/mol. The van der Waals surface area contributed by atoms with Crippen LogP contribution in [0.3, 0.4) is 0 Å². The van der Waals surface area contributed by atoms with Crippen molar-refractivity contribution in [3.63, 3.8) is 0 Å². The van der Waals surface area contributed by atoms with Crippen LogP contribution in [0, 0.1) is 25.5 Å². The van der Waals surface area contributed by atoms with Crippen LogP contribution in [0.1, 0.15) is 28.3 Å². The number of hydrogen-bond acceptors (Lipinski definition) is 1. The molecule has 0 aliphatic rings. The lowest BCUT2D eigenvalue weighted by atomic mass is 9.95. The summed E-state index contributed by atoms with van der Waals surface area (Å²) in [4.78, 5) is 0. The molecule has 21 heavy (non-hydrogen) atoms. The summed E-state index contributed by atoms with van der Waals surface area (Å²) in [5.41, 5.74) is 3.71. The molecule has 0 amide bonds. The predicted octanol–water partition coefficient (Wildman–Crippen LogP) is 4.85. The van der Waals surface area contributed by atoms with Crippen LogP contribution in [0.25, 0.3) is 0 Å². The minimum atomic E-state index is -0.800. The Morgan fingerprint density at radius 1 is 1.14 bits per heavy atom. The Labute approximate surface area is 132 Å². The molecule has 0 spiro atoms. The zero-order valence-electron chi connectivity index (χ0n) is 12.3. The highest BCUT2D eigenvalue weighted by Crippen LogP contribution is 2.28. The fraction of sp³-hybridized carbons (Fsp3) is 0.294. The second-order valence-electron chi connectivity index (χ2n) is 5.23. The first kappa shape index (κ1) is 16.1. The lowest BCUT2D eigenvalue weighted by Crippen LogP contribution is -2.20. The molecule has 0 aliphatic heterocycles. The number of benzene rings is 2. The largest absolute Gasteiger partial charge is 0.313 e. The van der Waals surface area contributed by atoms with Crippen LogP contribution in [0.15, 0.2) is 34.8 Å². The van der Waals surface area contributed by atoms with Gasteiger partial charge >= 0.3 is 0 Å². The van der Waals surface area contributed by atoms with E-state index in [1.807, 2.05) is 20.9 Å². The molecule has 0 heterocycles. The molecule has 1 unspecified atom stereocenters. The summed E-state index contributed by atoms with van der Waals surface area (Å²) >= 11 is 3.54. The average molecular weight is 354 g/mol. The fourth-order valence-electron chi connectivity index (χ4n) is 2.49. The quantitative estimate of drug-likeness (QED) is 0.828. The van der Waals surface area contributed by atoms with Crippen LogP contribution in [-0.4, -0.2) is 7.05 Å². The molecule has 0 aliphatic carbocycles. The number of rotatable bonds is 4. The van der Waals surface area contributed by atoms with Crippen LogP contribution in [0.2, 0.25) is 0 Å². The van der Waals surface area contributed by atoms with Crippen molar-refractivity contribution in [2.45, 2.75) is 26.3 Å². The van der Waals surface area contributed by atoms with Crippen molar-refractivity contribution >= 4 is 15.9 Å². The van der Waals surface area contributed by atoms with Crippen LogP contribution in [0.4, 0.5) is 8.78 Å². The monoisotopic (exact) mass is 353 g/mol. The van der Waals surface area contributed by atoms with Crippen molar-refractivity contribution in [1.82, 2.24) is 5.32 Å². The van der Waals surface area contributed by atoms with Crippen LogP contribution in [-0.2, 0) is 6.42 Å². The van der Waals surface area contributed by atoms with Gasteiger partial charge in [0.1, 0.15) is 0 Å². The topological polar surface area (TPSA) is 12.0 Å². The lowest BCUT2D eigenvalue weighted by molar-refractivity contribution is 0.487. The van der Waals surface area contributed by atoms with E-state index in [4.69, 9.17) is 0 Å². The van der Waals surface area contributed by atoms with Gasteiger partial charge in [-0.15, -0.1) is 0 Å². The molecule has 2 rings (SSSR count). The maximum atomic E-state index is 13.8. The second kappa shape index (κ2) is 6.67. The second-order valence-corrected chi connectivity index (χ2v) is 6.02. The Morgan fingerprint density at radius 3 is 2.33 bits per heavy atom. The van der Waals surface area contributed by atoms with E-state index in [0.717, 1.165) is 27.2 Å². The van der Waals surface area contributed by atoms with Gasteiger partial charge in [0.25, 0.3) is 0 Å². The van der Waals surface area contributed by atoms with Gasteiger partial charge in [-0.25, -0.2) is 8.78 Å². The smallest absolute Gasteiger partial charge is 0.162 e. The number of likely N-dealkylation sites (N-methyl/N-ethyl adjacent to an activating group) is 1. The summed E-state index contributed by atoms with van der Waals surface area (Å²) in [5.74, 6) is -1.56. The van der Waals surface area contributed by atoms with Gasteiger partial charge in [0.15, 0.2) is 11.6 Å². The molecular formula is C17H18BrF2N. The minimum absolute atomic E-state index is 0.0631. The van der Waals surface area contributed by atoms with Gasteiger partial charge < -0.3 is 5.32 Å². The summed E-state index contributed by atoms with van der Waals surface area (Å²) in [6.07, 6.45) is 0.403. The average Bonchev–Trinajstić information content (AvgIpc) is 2.46. The van der Waals surface area contributed by atoms with Gasteiger partial charge in [-0.2, -0.15) is 0 Å². The van der Waals surface area contributed by atoms with E-state index in [1.54, 1.807) is 12.1 Å². The molecule has 112 valence electrons. The normalized spacial score (nSPS) is 12.5. The van der Waals surface area contributed by atoms with Gasteiger partial charge in [0, 0.05) is 10.5 Å². The van der Waals surface area contributed by atoms with Gasteiger partial charge in [-0.3, -0.25) is 0 Å². The van der Waals surface area contributed by atoms with Crippen LogP contribution >= 0.6 is 15.9 Å². The Bertz CT molecular complexity index is 632. The highest BCUT2D eigenvalue weighted by Gasteiger charge is 2.16. The fourth-order valence-corrected chi connectivity index (χ4v) is 2.72. The van der Waals surface area contributed by atoms with E-state index >= 15 is 0 Å². The minimum Gasteiger partial charge on any atom is -0.313 e. The Morgan fingerprint density at radius 2 is 1.76 bits per heavy atom. The standard InChI is InChI=1S/C17H18BrF2N/c1-10-7-13(8-11(2)16(10)18)15(21-3)9-12-5-4-6-14(19)17(12)20/h4-8,15,21H,9H2,1-3H3. The van der Waals surface area contributed by atoms with Gasteiger partial charge in [0.05, 0.1) is 0 Å². The summed E-state index contributed by atoms with van der Waals surface area (Å²) in [6, 6.07) is 8.37. The molecule has 0 saturated heterocycles. The number of aryl methyl sites for hydroxylation is 2. The number of hydrogen-bond donors (Lipinski definition) is 1. The van der Waals surface area contributed by atoms with Crippen molar-refractivity contribution in [2.24, 2.45) is 0 Å². The first-order valence-corrected chi connectivity index (χ1v) is 7.60. The molecule has 1 nitrogen and oxygen atoms in total. The Hall–Kier alpha value is -1.26. The van der Waals surface area contributed by atoms with Crippen molar-refractivity contribution in [1.29, 1.82) is 0 Å². The highest BCUT2D eigenvalue weighted by molar-refractivity contribution is 9.10. The van der Waals surface area contributed by atoms with Gasteiger partial charge in [0.2, 0.25) is 0 Å². The molecule has 0 fully saturated rings. The van der Waals surface area contributed by atoms with E-state index < -0.39 is 11.6 Å². The molecule has 1 N–H and O–H groups in total. The summed E-state index contributed by atoms with van der Waals surface area (Å²) < 4.78 is 28.2. The van der Waals surface area contributed by atoms with Crippen molar-refractivity contribution in [3.05, 3.63) is 68.7 Å². The van der Waals surface area contributed by atoms with E-state index in [9.17, 15) is 8.78 Å².